The van der Waals surface area contributed by atoms with Gasteiger partial charge in [-0.05, 0) is 0 Å². The molecule has 0 unspecified atom stereocenters. The van der Waals surface area contributed by atoms with E-state index in [9.17, 15) is 0 Å². The molecular weight excluding hydrogens is 378 g/mol. The average molecular weight is 401 g/mol. The molecule has 3 heteroatoms. The molecule has 21 heavy (non-hydrogen) atoms. The second kappa shape index (κ2) is 11.5. The molecule has 0 aromatic carbocycles. The van der Waals surface area contributed by atoms with E-state index >= 15 is 0 Å². The smallest absolute Gasteiger partial charge is 1.00 e. The standard InChI is InChI=1S/2C9H11.2ClH.Zr/c2*1-2-3-6-9-7-4-5-8-9;;;/h2*3-4,6-7H,2,5H2,1H3;2*1H;/q;;;;+2/p-2. The number of halogens is 2. The van der Waals surface area contributed by atoms with Crippen molar-refractivity contribution in [2.45, 2.75) is 39.5 Å². The zero-order valence-corrected chi connectivity index (χ0v) is 16.7. The molecule has 2 rings (SSSR count). The van der Waals surface area contributed by atoms with Crippen LogP contribution in [0.3, 0.4) is 0 Å². The van der Waals surface area contributed by atoms with Crippen LogP contribution in [0.25, 0.3) is 0 Å². The Bertz CT molecular complexity index is 459. The van der Waals surface area contributed by atoms with Gasteiger partial charge < -0.3 is 24.8 Å². The van der Waals surface area contributed by atoms with Crippen LogP contribution in [0.1, 0.15) is 39.5 Å². The Hall–Kier alpha value is -0.0969. The summed E-state index contributed by atoms with van der Waals surface area (Å²) >= 11 is -0.565. The fourth-order valence-corrected chi connectivity index (χ4v) is 5.78. The summed E-state index contributed by atoms with van der Waals surface area (Å²) in [7, 11) is 0. The van der Waals surface area contributed by atoms with Crippen molar-refractivity contribution in [1.82, 2.24) is 0 Å². The summed E-state index contributed by atoms with van der Waals surface area (Å²) in [5.74, 6) is 0. The largest absolute Gasteiger partial charge is 1.00 e. The molecule has 0 aromatic rings. The molecule has 0 amide bonds. The van der Waals surface area contributed by atoms with Crippen molar-refractivity contribution in [3.05, 3.63) is 66.3 Å². The van der Waals surface area contributed by atoms with Gasteiger partial charge in [0.05, 0.1) is 0 Å². The predicted octanol–water partition coefficient (Wildman–Crippen LogP) is -0.563. The van der Waals surface area contributed by atoms with Crippen LogP contribution in [-0.4, -0.2) is 0 Å². The maximum absolute atomic E-state index is 2.33. The summed E-state index contributed by atoms with van der Waals surface area (Å²) in [6.07, 6.45) is 23.1. The second-order valence-electron chi connectivity index (χ2n) is 4.83. The Balaban J connectivity index is 0.00000200. The van der Waals surface area contributed by atoms with Crippen LogP contribution in [0.5, 0.6) is 0 Å². The average Bonchev–Trinajstić information content (AvgIpc) is 3.04. The van der Waals surface area contributed by atoms with Gasteiger partial charge >= 0.3 is 129 Å². The van der Waals surface area contributed by atoms with Crippen LogP contribution < -0.4 is 24.8 Å². The molecule has 0 aliphatic heterocycles. The Labute approximate surface area is 153 Å². The minimum absolute atomic E-state index is 0. The monoisotopic (exact) mass is 398 g/mol. The van der Waals surface area contributed by atoms with Crippen LogP contribution in [0.2, 0.25) is 0 Å². The third kappa shape index (κ3) is 6.27. The van der Waals surface area contributed by atoms with Gasteiger partial charge in [-0.25, -0.2) is 0 Å². The van der Waals surface area contributed by atoms with Gasteiger partial charge in [-0.3, -0.25) is 0 Å². The van der Waals surface area contributed by atoms with Crippen LogP contribution in [0.4, 0.5) is 0 Å². The first-order valence-electron chi connectivity index (χ1n) is 7.24. The summed E-state index contributed by atoms with van der Waals surface area (Å²) in [5, 5.41) is 0. The second-order valence-corrected chi connectivity index (χ2v) is 8.41. The van der Waals surface area contributed by atoms with E-state index in [1.54, 1.807) is 6.56 Å². The van der Waals surface area contributed by atoms with Gasteiger partial charge in [0.25, 0.3) is 0 Å². The predicted molar refractivity (Wildman–Crippen MR) is 80.4 cm³/mol. The van der Waals surface area contributed by atoms with Gasteiger partial charge in [-0.1, -0.05) is 0 Å². The van der Waals surface area contributed by atoms with E-state index < -0.39 is 23.2 Å². The molecule has 0 radical (unpaired) electrons. The molecule has 0 bridgehead atoms. The third-order valence-corrected chi connectivity index (χ3v) is 7.21. The summed E-state index contributed by atoms with van der Waals surface area (Å²) < 4.78 is 3.49. The summed E-state index contributed by atoms with van der Waals surface area (Å²) in [5.41, 5.74) is 3.01. The molecule has 0 fully saturated rings. The van der Waals surface area contributed by atoms with Crippen LogP contribution >= 0.6 is 0 Å². The molecule has 112 valence electrons. The Morgan fingerprint density at radius 2 is 1.29 bits per heavy atom. The van der Waals surface area contributed by atoms with E-state index in [0.29, 0.717) is 0 Å². The first-order valence-corrected chi connectivity index (χ1v) is 9.70. The summed E-state index contributed by atoms with van der Waals surface area (Å²) in [6.45, 7) is 4.40. The quantitative estimate of drug-likeness (QED) is 0.561. The molecule has 0 saturated carbocycles. The zero-order chi connectivity index (χ0) is 13.5. The summed E-state index contributed by atoms with van der Waals surface area (Å²) in [4.78, 5) is 0. The van der Waals surface area contributed by atoms with Crippen molar-refractivity contribution >= 4 is 0 Å². The van der Waals surface area contributed by atoms with E-state index in [4.69, 9.17) is 0 Å². The zero-order valence-electron chi connectivity index (χ0n) is 12.7. The van der Waals surface area contributed by atoms with E-state index in [1.165, 1.54) is 24.0 Å². The fourth-order valence-electron chi connectivity index (χ4n) is 2.27. The van der Waals surface area contributed by atoms with Crippen molar-refractivity contribution in [2.75, 3.05) is 0 Å². The molecule has 2 aliphatic rings. The van der Waals surface area contributed by atoms with Gasteiger partial charge in [0.1, 0.15) is 0 Å². The Morgan fingerprint density at radius 1 is 0.857 bits per heavy atom. The van der Waals surface area contributed by atoms with E-state index in [-0.39, 0.29) is 24.8 Å². The molecule has 0 heterocycles. The molecular formula is C18H22Cl2Zr. The number of allylic oxidation sites excluding steroid dienone is 12. The Kier molecular flexibility index (Phi) is 11.4. The van der Waals surface area contributed by atoms with Crippen LogP contribution in [0.15, 0.2) is 66.3 Å². The molecule has 2 aliphatic carbocycles. The maximum atomic E-state index is 2.33. The number of hydrogen-bond acceptors (Lipinski definition) is 0. The molecule has 0 N–H and O–H groups in total. The van der Waals surface area contributed by atoms with Gasteiger partial charge in [-0.15, -0.1) is 0 Å². The molecule has 0 spiro atoms. The van der Waals surface area contributed by atoms with Crippen molar-refractivity contribution in [3.63, 3.8) is 0 Å². The van der Waals surface area contributed by atoms with E-state index in [0.717, 1.165) is 12.8 Å². The number of hydrogen-bond donors (Lipinski definition) is 0. The molecule has 0 aromatic heterocycles. The van der Waals surface area contributed by atoms with Crippen molar-refractivity contribution in [2.24, 2.45) is 0 Å². The maximum Gasteiger partial charge on any atom is -1.00 e. The van der Waals surface area contributed by atoms with Gasteiger partial charge in [0, 0.05) is 0 Å². The number of rotatable bonds is 6. The Morgan fingerprint density at radius 3 is 1.67 bits per heavy atom. The first kappa shape index (κ1) is 20.9. The van der Waals surface area contributed by atoms with Crippen molar-refractivity contribution in [1.29, 1.82) is 0 Å². The van der Waals surface area contributed by atoms with Crippen LogP contribution in [-0.2, 0) is 23.2 Å². The van der Waals surface area contributed by atoms with Gasteiger partial charge in [-0.2, -0.15) is 0 Å². The van der Waals surface area contributed by atoms with Crippen molar-refractivity contribution < 1.29 is 48.0 Å². The topological polar surface area (TPSA) is 0 Å². The minimum Gasteiger partial charge on any atom is -1.00 e. The van der Waals surface area contributed by atoms with Gasteiger partial charge in [0.15, 0.2) is 0 Å². The molecule has 0 atom stereocenters. The molecule has 0 saturated heterocycles. The van der Waals surface area contributed by atoms with Crippen LogP contribution in [0, 0.1) is 0 Å². The summed E-state index contributed by atoms with van der Waals surface area (Å²) in [6, 6.07) is 0. The molecule has 0 nitrogen and oxygen atoms in total. The minimum atomic E-state index is -0.565. The van der Waals surface area contributed by atoms with E-state index in [1.807, 2.05) is 0 Å². The third-order valence-electron chi connectivity index (χ3n) is 3.30. The van der Waals surface area contributed by atoms with E-state index in [2.05, 4.69) is 62.5 Å². The van der Waals surface area contributed by atoms with Gasteiger partial charge in [0.2, 0.25) is 0 Å². The first-order chi connectivity index (χ1) is 9.35. The van der Waals surface area contributed by atoms with Crippen molar-refractivity contribution in [3.8, 4) is 0 Å². The normalized spacial score (nSPS) is 16.9. The SMILES string of the molecule is CCC=CC1=[C]([Zr+2][C]2=C(C=CCC)C=CC2)CC=C1.[Cl-].[Cl-]. The fraction of sp³-hybridized carbons (Fsp3) is 0.333.